The van der Waals surface area contributed by atoms with Gasteiger partial charge in [-0.3, -0.25) is 28.1 Å². The summed E-state index contributed by atoms with van der Waals surface area (Å²) >= 11 is 33.7. The van der Waals surface area contributed by atoms with Gasteiger partial charge in [0.05, 0.1) is 30.7 Å². The van der Waals surface area contributed by atoms with Crippen LogP contribution in [-0.2, 0) is 32.5 Å². The van der Waals surface area contributed by atoms with E-state index in [4.69, 9.17) is 87.9 Å². The number of fused-ring (bicyclic) bond motifs is 5. The van der Waals surface area contributed by atoms with Gasteiger partial charge in [0.1, 0.15) is 13.2 Å². The molecule has 0 saturated carbocycles. The predicted molar refractivity (Wildman–Crippen MR) is 126 cm³/mol. The minimum absolute atomic E-state index is 0.0173. The molecule has 0 aromatic heterocycles. The average molecular weight is 610 g/mol. The zero-order valence-electron chi connectivity index (χ0n) is 17.4. The van der Waals surface area contributed by atoms with Gasteiger partial charge < -0.3 is 4.74 Å². The summed E-state index contributed by atoms with van der Waals surface area (Å²) in [4.78, 5) is 26.6. The molecule has 0 aromatic rings. The van der Waals surface area contributed by atoms with Gasteiger partial charge in [0.25, 0.3) is 0 Å². The van der Waals surface area contributed by atoms with Gasteiger partial charge in [-0.2, -0.15) is 0 Å². The summed E-state index contributed by atoms with van der Waals surface area (Å²) in [6, 6.07) is 0. The first kappa shape index (κ1) is 28.5. The number of phosphoric acid groups is 1. The number of alkyl halides is 6. The van der Waals surface area contributed by atoms with Gasteiger partial charge in [-0.25, -0.2) is 4.57 Å². The molecule has 3 saturated heterocycles. The summed E-state index contributed by atoms with van der Waals surface area (Å²) in [6.45, 7) is -0.714. The van der Waals surface area contributed by atoms with Gasteiger partial charge in [-0.05, 0) is 25.7 Å². The molecular weight excluding hydrogens is 586 g/mol. The third-order valence-corrected chi connectivity index (χ3v) is 7.72. The molecule has 3 rings (SSSR count). The van der Waals surface area contributed by atoms with E-state index in [0.29, 0.717) is 25.8 Å². The number of nitrogens with zero attached hydrogens (tertiary/aromatic N) is 1. The molecule has 2 amide bonds. The number of rotatable bonds is 12. The van der Waals surface area contributed by atoms with E-state index in [-0.39, 0.29) is 42.5 Å². The lowest BCUT2D eigenvalue weighted by atomic mass is 9.81. The van der Waals surface area contributed by atoms with Crippen molar-refractivity contribution >= 4 is 89.2 Å². The van der Waals surface area contributed by atoms with Crippen LogP contribution in [0.3, 0.4) is 0 Å². The standard InChI is InChI=1S/C18H24Cl6NO7P/c19-17(20,21)9-30-33(28,31-10-18(22,23)24)29-8-4-2-1-3-7-25-15(26)13-11-5-6-12(32-11)14(13)16(25)27/h11-14H,1-10H2/t11-,12-,13-,14+/m1/s1. The second kappa shape index (κ2) is 11.6. The van der Waals surface area contributed by atoms with Crippen LogP contribution in [0.5, 0.6) is 0 Å². The second-order valence-corrected chi connectivity index (χ2v) is 14.8. The summed E-state index contributed by atoms with van der Waals surface area (Å²) in [6.07, 6.45) is 4.05. The third kappa shape index (κ3) is 7.96. The Kier molecular flexibility index (Phi) is 9.99. The van der Waals surface area contributed by atoms with Crippen LogP contribution >= 0.6 is 77.4 Å². The number of carbonyl (C=O) groups excluding carboxylic acids is 2. The van der Waals surface area contributed by atoms with Crippen molar-refractivity contribution in [3.05, 3.63) is 0 Å². The average Bonchev–Trinajstić information content (AvgIpc) is 3.39. The van der Waals surface area contributed by atoms with E-state index in [9.17, 15) is 14.2 Å². The van der Waals surface area contributed by atoms with Gasteiger partial charge >= 0.3 is 7.82 Å². The SMILES string of the molecule is O=C1[C@@H]2[C@H](C(=O)N1CCCCCCOP(=O)(OCC(Cl)(Cl)Cl)OCC(Cl)(Cl)Cl)[C@H]1CC[C@H]2O1. The van der Waals surface area contributed by atoms with E-state index in [0.717, 1.165) is 19.3 Å². The highest BCUT2D eigenvalue weighted by Gasteiger charge is 2.62. The van der Waals surface area contributed by atoms with Crippen molar-refractivity contribution in [2.45, 2.75) is 58.3 Å². The lowest BCUT2D eigenvalue weighted by molar-refractivity contribution is -0.142. The molecule has 0 unspecified atom stereocenters. The van der Waals surface area contributed by atoms with Crippen LogP contribution in [0.4, 0.5) is 0 Å². The molecular formula is C18H24Cl6NO7P. The van der Waals surface area contributed by atoms with Gasteiger partial charge in [0, 0.05) is 6.54 Å². The Morgan fingerprint density at radius 2 is 1.30 bits per heavy atom. The first-order valence-electron chi connectivity index (χ1n) is 10.5. The topological polar surface area (TPSA) is 91.4 Å². The zero-order valence-corrected chi connectivity index (χ0v) is 22.8. The van der Waals surface area contributed by atoms with Crippen molar-refractivity contribution in [3.8, 4) is 0 Å². The van der Waals surface area contributed by atoms with Gasteiger partial charge in [0.15, 0.2) is 0 Å². The molecule has 0 aliphatic carbocycles. The summed E-state index contributed by atoms with van der Waals surface area (Å²) in [5.41, 5.74) is 0. The monoisotopic (exact) mass is 607 g/mol. The first-order chi connectivity index (χ1) is 15.3. The highest BCUT2D eigenvalue weighted by Crippen LogP contribution is 2.52. The summed E-state index contributed by atoms with van der Waals surface area (Å²) in [5, 5.41) is 0. The van der Waals surface area contributed by atoms with Crippen LogP contribution < -0.4 is 0 Å². The molecule has 0 radical (unpaired) electrons. The number of hydrogen-bond acceptors (Lipinski definition) is 7. The largest absolute Gasteiger partial charge is 0.475 e. The minimum Gasteiger partial charge on any atom is -0.373 e. The maximum absolute atomic E-state index is 12.7. The molecule has 190 valence electrons. The molecule has 8 nitrogen and oxygen atoms in total. The van der Waals surface area contributed by atoms with Crippen LogP contribution in [0, 0.1) is 11.8 Å². The van der Waals surface area contributed by atoms with Crippen LogP contribution in [0.15, 0.2) is 0 Å². The van der Waals surface area contributed by atoms with Crippen molar-refractivity contribution < 1.29 is 32.5 Å². The first-order valence-corrected chi connectivity index (χ1v) is 14.2. The fourth-order valence-corrected chi connectivity index (χ4v) is 6.38. The number of carbonyl (C=O) groups is 2. The summed E-state index contributed by atoms with van der Waals surface area (Å²) in [7, 11) is -4.13. The van der Waals surface area contributed by atoms with Crippen LogP contribution in [0.1, 0.15) is 38.5 Å². The summed E-state index contributed by atoms with van der Waals surface area (Å²) in [5.74, 6) is -0.837. The molecule has 2 bridgehead atoms. The molecule has 3 aliphatic heterocycles. The third-order valence-electron chi connectivity index (χ3n) is 5.67. The molecule has 3 heterocycles. The number of hydrogen-bond donors (Lipinski definition) is 0. The Morgan fingerprint density at radius 1 is 0.818 bits per heavy atom. The molecule has 4 atom stereocenters. The van der Waals surface area contributed by atoms with Crippen molar-refractivity contribution in [2.24, 2.45) is 11.8 Å². The number of ether oxygens (including phenoxy) is 1. The smallest absolute Gasteiger partial charge is 0.373 e. The lowest BCUT2D eigenvalue weighted by Crippen LogP contribution is -2.35. The van der Waals surface area contributed by atoms with E-state index in [1.165, 1.54) is 4.90 Å². The van der Waals surface area contributed by atoms with Crippen LogP contribution in [-0.4, -0.2) is 62.9 Å². The van der Waals surface area contributed by atoms with Crippen molar-refractivity contribution in [2.75, 3.05) is 26.4 Å². The summed E-state index contributed by atoms with van der Waals surface area (Å²) < 4.78 is 30.0. The Balaban J connectivity index is 1.36. The van der Waals surface area contributed by atoms with E-state index >= 15 is 0 Å². The number of imide groups is 1. The zero-order chi connectivity index (χ0) is 24.4. The van der Waals surface area contributed by atoms with E-state index in [1.54, 1.807) is 0 Å². The van der Waals surface area contributed by atoms with Crippen LogP contribution in [0.2, 0.25) is 0 Å². The van der Waals surface area contributed by atoms with Crippen molar-refractivity contribution in [1.82, 2.24) is 4.90 Å². The highest BCUT2D eigenvalue weighted by molar-refractivity contribution is 7.48. The Morgan fingerprint density at radius 3 is 1.79 bits per heavy atom. The lowest BCUT2D eigenvalue weighted by Gasteiger charge is -2.22. The molecule has 3 fully saturated rings. The maximum Gasteiger partial charge on any atom is 0.475 e. The normalized spacial score (nSPS) is 27.6. The van der Waals surface area contributed by atoms with Gasteiger partial charge in [0.2, 0.25) is 19.4 Å². The number of halogens is 6. The Labute approximate surface area is 222 Å². The predicted octanol–water partition coefficient (Wildman–Crippen LogP) is 5.61. The van der Waals surface area contributed by atoms with Gasteiger partial charge in [-0.1, -0.05) is 82.4 Å². The number of phosphoric ester groups is 1. The molecule has 15 heteroatoms. The molecule has 0 N–H and O–H groups in total. The van der Waals surface area contributed by atoms with E-state index in [1.807, 2.05) is 0 Å². The molecule has 0 aromatic carbocycles. The molecule has 3 aliphatic rings. The van der Waals surface area contributed by atoms with E-state index in [2.05, 4.69) is 0 Å². The molecule has 33 heavy (non-hydrogen) atoms. The molecule has 0 spiro atoms. The number of amides is 2. The van der Waals surface area contributed by atoms with Gasteiger partial charge in [-0.15, -0.1) is 0 Å². The van der Waals surface area contributed by atoms with Crippen molar-refractivity contribution in [1.29, 1.82) is 0 Å². The maximum atomic E-state index is 12.7. The second-order valence-electron chi connectivity index (χ2n) is 8.14. The fraction of sp³-hybridized carbons (Fsp3) is 0.889. The number of unbranched alkanes of at least 4 members (excludes halogenated alkanes) is 3. The Bertz CT molecular complexity index is 726. The van der Waals surface area contributed by atoms with Crippen molar-refractivity contribution in [3.63, 3.8) is 0 Å². The van der Waals surface area contributed by atoms with E-state index < -0.39 is 28.6 Å². The quantitative estimate of drug-likeness (QED) is 0.123. The number of likely N-dealkylation sites (tertiary alicyclic amines) is 1. The Hall–Kier alpha value is 0.950. The highest BCUT2D eigenvalue weighted by atomic mass is 35.6. The van der Waals surface area contributed by atoms with Crippen LogP contribution in [0.25, 0.3) is 0 Å². The fourth-order valence-electron chi connectivity index (χ4n) is 4.31. The minimum atomic E-state index is -4.13.